The molecule has 5 heteroatoms. The zero-order chi connectivity index (χ0) is 12.7. The summed E-state index contributed by atoms with van der Waals surface area (Å²) in [6.45, 7) is 2.50. The number of carboxylic acid groups (broad SMARTS) is 1. The first-order chi connectivity index (χ1) is 8.13. The van der Waals surface area contributed by atoms with Crippen molar-refractivity contribution < 1.29 is 14.6 Å². The van der Waals surface area contributed by atoms with Gasteiger partial charge in [-0.15, -0.1) is 0 Å². The molecule has 1 aromatic rings. The van der Waals surface area contributed by atoms with E-state index in [0.29, 0.717) is 25.3 Å². The highest BCUT2D eigenvalue weighted by molar-refractivity contribution is 5.76. The maximum Gasteiger partial charge on any atom is 0.326 e. The van der Waals surface area contributed by atoms with Gasteiger partial charge in [-0.05, 0) is 31.4 Å². The normalized spacial score (nSPS) is 12.1. The lowest BCUT2D eigenvalue weighted by Crippen LogP contribution is -2.29. The summed E-state index contributed by atoms with van der Waals surface area (Å²) in [4.78, 5) is 15.2. The third-order valence-corrected chi connectivity index (χ3v) is 2.37. The van der Waals surface area contributed by atoms with Crippen LogP contribution in [0.5, 0.6) is 0 Å². The zero-order valence-corrected chi connectivity index (χ0v) is 10.1. The first kappa shape index (κ1) is 13.4. The van der Waals surface area contributed by atoms with Crippen LogP contribution in [0.3, 0.4) is 0 Å². The van der Waals surface area contributed by atoms with Crippen LogP contribution in [0, 0.1) is 6.92 Å². The minimum absolute atomic E-state index is 0.513. The van der Waals surface area contributed by atoms with Gasteiger partial charge < -0.3 is 15.2 Å². The predicted octanol–water partition coefficient (Wildman–Crippen LogP) is 1.68. The molecular formula is C12H18N2O3. The van der Waals surface area contributed by atoms with E-state index in [0.717, 1.165) is 5.56 Å². The van der Waals surface area contributed by atoms with Crippen LogP contribution >= 0.6 is 0 Å². The van der Waals surface area contributed by atoms with Crippen LogP contribution in [0.15, 0.2) is 18.3 Å². The fourth-order valence-electron chi connectivity index (χ4n) is 1.42. The van der Waals surface area contributed by atoms with E-state index in [-0.39, 0.29) is 0 Å². The second-order valence-corrected chi connectivity index (χ2v) is 3.89. The molecule has 1 unspecified atom stereocenters. The van der Waals surface area contributed by atoms with Gasteiger partial charge in [-0.25, -0.2) is 9.78 Å². The minimum atomic E-state index is -0.872. The van der Waals surface area contributed by atoms with Crippen LogP contribution in [0.2, 0.25) is 0 Å². The molecule has 94 valence electrons. The van der Waals surface area contributed by atoms with Crippen LogP contribution in [0.25, 0.3) is 0 Å². The Kier molecular flexibility index (Phi) is 5.42. The SMILES string of the molecule is COCCCC(Nc1ccc(C)cn1)C(=O)O. The van der Waals surface area contributed by atoms with Gasteiger partial charge in [0.25, 0.3) is 0 Å². The molecule has 0 aliphatic carbocycles. The summed E-state index contributed by atoms with van der Waals surface area (Å²) in [6.07, 6.45) is 2.92. The van der Waals surface area contributed by atoms with Crippen molar-refractivity contribution in [3.63, 3.8) is 0 Å². The van der Waals surface area contributed by atoms with Crippen molar-refractivity contribution in [2.45, 2.75) is 25.8 Å². The highest BCUT2D eigenvalue weighted by atomic mass is 16.5. The van der Waals surface area contributed by atoms with Gasteiger partial charge in [0.15, 0.2) is 0 Å². The lowest BCUT2D eigenvalue weighted by Gasteiger charge is -2.14. The summed E-state index contributed by atoms with van der Waals surface area (Å²) < 4.78 is 4.90. The Bertz CT molecular complexity index is 351. The Morgan fingerprint density at radius 1 is 1.59 bits per heavy atom. The van der Waals surface area contributed by atoms with Crippen LogP contribution in [-0.4, -0.2) is 35.8 Å². The lowest BCUT2D eigenvalue weighted by atomic mass is 10.1. The highest BCUT2D eigenvalue weighted by Gasteiger charge is 2.16. The van der Waals surface area contributed by atoms with Crippen LogP contribution in [0.1, 0.15) is 18.4 Å². The summed E-state index contributed by atoms with van der Waals surface area (Å²) >= 11 is 0. The minimum Gasteiger partial charge on any atom is -0.480 e. The van der Waals surface area contributed by atoms with E-state index in [2.05, 4.69) is 10.3 Å². The largest absolute Gasteiger partial charge is 0.480 e. The molecule has 1 atom stereocenters. The Hall–Kier alpha value is -1.62. The van der Waals surface area contributed by atoms with Crippen molar-refractivity contribution in [3.8, 4) is 0 Å². The molecule has 0 saturated carbocycles. The van der Waals surface area contributed by atoms with Gasteiger partial charge in [0.1, 0.15) is 11.9 Å². The van der Waals surface area contributed by atoms with Gasteiger partial charge in [-0.3, -0.25) is 0 Å². The van der Waals surface area contributed by atoms with Gasteiger partial charge >= 0.3 is 5.97 Å². The number of methoxy groups -OCH3 is 1. The Morgan fingerprint density at radius 2 is 2.35 bits per heavy atom. The molecule has 0 spiro atoms. The number of hydrogen-bond acceptors (Lipinski definition) is 4. The van der Waals surface area contributed by atoms with E-state index >= 15 is 0 Å². The number of pyridine rings is 1. The number of anilines is 1. The molecule has 2 N–H and O–H groups in total. The van der Waals surface area contributed by atoms with Crippen LogP contribution in [0.4, 0.5) is 5.82 Å². The van der Waals surface area contributed by atoms with Gasteiger partial charge in [0, 0.05) is 19.9 Å². The van der Waals surface area contributed by atoms with E-state index < -0.39 is 12.0 Å². The van der Waals surface area contributed by atoms with Crippen molar-refractivity contribution in [1.82, 2.24) is 4.98 Å². The molecule has 0 aliphatic heterocycles. The molecule has 0 saturated heterocycles. The smallest absolute Gasteiger partial charge is 0.326 e. The van der Waals surface area contributed by atoms with Crippen molar-refractivity contribution in [1.29, 1.82) is 0 Å². The molecule has 1 heterocycles. The van der Waals surface area contributed by atoms with Gasteiger partial charge in [-0.1, -0.05) is 6.07 Å². The fourth-order valence-corrected chi connectivity index (χ4v) is 1.42. The molecule has 0 bridgehead atoms. The average Bonchev–Trinajstić information content (AvgIpc) is 2.30. The Balaban J connectivity index is 2.54. The Morgan fingerprint density at radius 3 is 2.88 bits per heavy atom. The molecule has 0 radical (unpaired) electrons. The topological polar surface area (TPSA) is 71.5 Å². The summed E-state index contributed by atoms with van der Waals surface area (Å²) in [7, 11) is 1.60. The van der Waals surface area contributed by atoms with E-state index in [1.807, 2.05) is 13.0 Å². The average molecular weight is 238 g/mol. The standard InChI is InChI=1S/C12H18N2O3/c1-9-5-6-11(13-8-9)14-10(12(15)16)4-3-7-17-2/h5-6,8,10H,3-4,7H2,1-2H3,(H,13,14)(H,15,16). The fraction of sp³-hybridized carbons (Fsp3) is 0.500. The first-order valence-electron chi connectivity index (χ1n) is 5.54. The number of nitrogens with one attached hydrogen (secondary N) is 1. The second-order valence-electron chi connectivity index (χ2n) is 3.89. The molecule has 5 nitrogen and oxygen atoms in total. The first-order valence-corrected chi connectivity index (χ1v) is 5.54. The summed E-state index contributed by atoms with van der Waals surface area (Å²) in [6, 6.07) is 3.05. The third kappa shape index (κ3) is 4.82. The highest BCUT2D eigenvalue weighted by Crippen LogP contribution is 2.09. The van der Waals surface area contributed by atoms with Crippen LogP contribution in [-0.2, 0) is 9.53 Å². The maximum absolute atomic E-state index is 11.0. The number of carboxylic acids is 1. The van der Waals surface area contributed by atoms with E-state index in [1.165, 1.54) is 0 Å². The summed E-state index contributed by atoms with van der Waals surface area (Å²) in [5.74, 6) is -0.288. The number of nitrogens with zero attached hydrogens (tertiary/aromatic N) is 1. The Labute approximate surface area is 101 Å². The summed E-state index contributed by atoms with van der Waals surface area (Å²) in [5, 5.41) is 12.0. The molecule has 1 aromatic heterocycles. The number of rotatable bonds is 7. The van der Waals surface area contributed by atoms with Gasteiger partial charge in [0.2, 0.25) is 0 Å². The number of aryl methyl sites for hydroxylation is 1. The van der Waals surface area contributed by atoms with E-state index in [4.69, 9.17) is 9.84 Å². The maximum atomic E-state index is 11.0. The lowest BCUT2D eigenvalue weighted by molar-refractivity contribution is -0.138. The van der Waals surface area contributed by atoms with E-state index in [1.54, 1.807) is 19.4 Å². The number of hydrogen-bond donors (Lipinski definition) is 2. The van der Waals surface area contributed by atoms with Crippen LogP contribution < -0.4 is 5.32 Å². The molecule has 0 aromatic carbocycles. The summed E-state index contributed by atoms with van der Waals surface area (Å²) in [5.41, 5.74) is 1.04. The molecule has 1 rings (SSSR count). The number of ether oxygens (including phenoxy) is 1. The third-order valence-electron chi connectivity index (χ3n) is 2.37. The zero-order valence-electron chi connectivity index (χ0n) is 10.1. The molecule has 17 heavy (non-hydrogen) atoms. The number of aromatic nitrogens is 1. The number of aliphatic carboxylic acids is 1. The van der Waals surface area contributed by atoms with E-state index in [9.17, 15) is 4.79 Å². The number of carbonyl (C=O) groups is 1. The molecule has 0 fully saturated rings. The van der Waals surface area contributed by atoms with Gasteiger partial charge in [0.05, 0.1) is 0 Å². The second kappa shape index (κ2) is 6.85. The van der Waals surface area contributed by atoms with Crippen molar-refractivity contribution in [3.05, 3.63) is 23.9 Å². The van der Waals surface area contributed by atoms with Crippen molar-refractivity contribution in [2.75, 3.05) is 19.0 Å². The quantitative estimate of drug-likeness (QED) is 0.707. The molecule has 0 aliphatic rings. The van der Waals surface area contributed by atoms with Crippen molar-refractivity contribution in [2.24, 2.45) is 0 Å². The molecular weight excluding hydrogens is 220 g/mol. The monoisotopic (exact) mass is 238 g/mol. The van der Waals surface area contributed by atoms with Crippen molar-refractivity contribution >= 4 is 11.8 Å². The molecule has 0 amide bonds. The van der Waals surface area contributed by atoms with Gasteiger partial charge in [-0.2, -0.15) is 0 Å². The predicted molar refractivity (Wildman–Crippen MR) is 65.1 cm³/mol.